The molecule has 0 saturated carbocycles. The molecule has 0 aliphatic carbocycles. The molecule has 0 atom stereocenters. The van der Waals surface area contributed by atoms with Crippen molar-refractivity contribution in [2.45, 2.75) is 52.7 Å². The molecular formula is C8H18MoO2. The SMILES string of the molecule is CC(C)(C)[O-].CC(C)(C)[O-].[Mo+2]. The number of hydrogen-bond donors (Lipinski definition) is 0. The second kappa shape index (κ2) is 6.16. The van der Waals surface area contributed by atoms with Crippen LogP contribution in [-0.4, -0.2) is 11.2 Å². The fourth-order valence-corrected chi connectivity index (χ4v) is 0. The number of hydrogen-bond acceptors (Lipinski definition) is 2. The molecular weight excluding hydrogens is 224 g/mol. The summed E-state index contributed by atoms with van der Waals surface area (Å²) in [6.07, 6.45) is 0. The zero-order valence-corrected chi connectivity index (χ0v) is 10.2. The van der Waals surface area contributed by atoms with Crippen LogP contribution >= 0.6 is 0 Å². The van der Waals surface area contributed by atoms with Gasteiger partial charge in [-0.3, -0.25) is 0 Å². The van der Waals surface area contributed by atoms with E-state index in [2.05, 4.69) is 0 Å². The van der Waals surface area contributed by atoms with E-state index in [9.17, 15) is 10.2 Å². The average Bonchev–Trinajstić information content (AvgIpc) is 1.12. The molecule has 0 amide bonds. The summed E-state index contributed by atoms with van der Waals surface area (Å²) in [4.78, 5) is 0. The normalized spacial score (nSPS) is 10.9. The van der Waals surface area contributed by atoms with Gasteiger partial charge in [0, 0.05) is 0 Å². The van der Waals surface area contributed by atoms with Crippen LogP contribution in [0.2, 0.25) is 0 Å². The molecule has 0 unspecified atom stereocenters. The summed E-state index contributed by atoms with van der Waals surface area (Å²) in [7, 11) is 0. The Labute approximate surface area is 84.3 Å². The minimum Gasteiger partial charge on any atom is -0.850 e. The van der Waals surface area contributed by atoms with Crippen LogP contribution in [0.25, 0.3) is 0 Å². The first-order valence-electron chi connectivity index (χ1n) is 3.41. The third-order valence-electron chi connectivity index (χ3n) is 0. The van der Waals surface area contributed by atoms with Crippen molar-refractivity contribution in [1.82, 2.24) is 0 Å². The van der Waals surface area contributed by atoms with Crippen LogP contribution in [0.3, 0.4) is 0 Å². The van der Waals surface area contributed by atoms with Crippen molar-refractivity contribution in [2.75, 3.05) is 0 Å². The molecule has 0 spiro atoms. The standard InChI is InChI=1S/2C4H9O.Mo/c2*1-4(2,3)5;/h2*1-3H3;/q2*-1;+2. The van der Waals surface area contributed by atoms with Gasteiger partial charge >= 0.3 is 21.1 Å². The van der Waals surface area contributed by atoms with Gasteiger partial charge in [-0.2, -0.15) is 0 Å². The van der Waals surface area contributed by atoms with E-state index in [0.29, 0.717) is 0 Å². The maximum Gasteiger partial charge on any atom is 2.00 e. The predicted molar refractivity (Wildman–Crippen MR) is 39.5 cm³/mol. The van der Waals surface area contributed by atoms with E-state index < -0.39 is 11.2 Å². The summed E-state index contributed by atoms with van der Waals surface area (Å²) in [5, 5.41) is 20.2. The van der Waals surface area contributed by atoms with Crippen LogP contribution in [0.15, 0.2) is 0 Å². The minimum absolute atomic E-state index is 0. The molecule has 0 aliphatic rings. The first kappa shape index (κ1) is 17.6. The maximum absolute atomic E-state index is 10.1. The average molecular weight is 242 g/mol. The van der Waals surface area contributed by atoms with E-state index in [-0.39, 0.29) is 21.1 Å². The van der Waals surface area contributed by atoms with Gasteiger partial charge in [0.25, 0.3) is 0 Å². The van der Waals surface area contributed by atoms with E-state index in [4.69, 9.17) is 0 Å². The second-order valence-corrected chi connectivity index (χ2v) is 4.22. The molecule has 68 valence electrons. The molecule has 0 aliphatic heterocycles. The minimum atomic E-state index is -0.750. The van der Waals surface area contributed by atoms with Gasteiger partial charge in [-0.25, -0.2) is 0 Å². The van der Waals surface area contributed by atoms with Crippen molar-refractivity contribution in [3.63, 3.8) is 0 Å². The summed E-state index contributed by atoms with van der Waals surface area (Å²) < 4.78 is 0. The Hall–Kier alpha value is 0.608. The Morgan fingerprint density at radius 1 is 0.636 bits per heavy atom. The van der Waals surface area contributed by atoms with Gasteiger partial charge in [0.15, 0.2) is 0 Å². The van der Waals surface area contributed by atoms with Crippen LogP contribution in [0, 0.1) is 0 Å². The van der Waals surface area contributed by atoms with E-state index in [1.807, 2.05) is 0 Å². The van der Waals surface area contributed by atoms with Crippen molar-refractivity contribution < 1.29 is 31.3 Å². The zero-order chi connectivity index (χ0) is 9.00. The Kier molecular flexibility index (Phi) is 9.87. The quantitative estimate of drug-likeness (QED) is 0.573. The van der Waals surface area contributed by atoms with Crippen LogP contribution in [0.4, 0.5) is 0 Å². The van der Waals surface area contributed by atoms with Crippen molar-refractivity contribution in [3.8, 4) is 0 Å². The van der Waals surface area contributed by atoms with Crippen LogP contribution in [0.1, 0.15) is 41.5 Å². The first-order valence-corrected chi connectivity index (χ1v) is 3.41. The van der Waals surface area contributed by atoms with Gasteiger partial charge < -0.3 is 10.2 Å². The van der Waals surface area contributed by atoms with Gasteiger partial charge in [0.05, 0.1) is 0 Å². The monoisotopic (exact) mass is 244 g/mol. The fraction of sp³-hybridized carbons (Fsp3) is 1.00. The molecule has 0 aromatic heterocycles. The fourth-order valence-electron chi connectivity index (χ4n) is 0. The maximum atomic E-state index is 10.1. The first-order chi connectivity index (χ1) is 4.00. The molecule has 0 bridgehead atoms. The molecule has 0 N–H and O–H groups in total. The third-order valence-corrected chi connectivity index (χ3v) is 0. The van der Waals surface area contributed by atoms with Crippen molar-refractivity contribution in [3.05, 3.63) is 0 Å². The summed E-state index contributed by atoms with van der Waals surface area (Å²) in [6.45, 7) is 9.79. The molecule has 0 rings (SSSR count). The largest absolute Gasteiger partial charge is 2.00 e. The summed E-state index contributed by atoms with van der Waals surface area (Å²) in [5.41, 5.74) is -1.50. The second-order valence-electron chi connectivity index (χ2n) is 4.22. The molecule has 0 saturated heterocycles. The van der Waals surface area contributed by atoms with Crippen LogP contribution < -0.4 is 10.2 Å². The molecule has 0 aromatic rings. The molecule has 0 radical (unpaired) electrons. The van der Waals surface area contributed by atoms with Gasteiger partial charge in [-0.1, -0.05) is 41.5 Å². The Morgan fingerprint density at radius 2 is 0.636 bits per heavy atom. The van der Waals surface area contributed by atoms with Crippen molar-refractivity contribution in [2.24, 2.45) is 0 Å². The number of rotatable bonds is 0. The summed E-state index contributed by atoms with van der Waals surface area (Å²) in [5.74, 6) is 0. The zero-order valence-electron chi connectivity index (χ0n) is 8.22. The summed E-state index contributed by atoms with van der Waals surface area (Å²) >= 11 is 0. The van der Waals surface area contributed by atoms with Gasteiger partial charge in [-0.05, 0) is 0 Å². The van der Waals surface area contributed by atoms with Gasteiger partial charge in [0.2, 0.25) is 0 Å². The van der Waals surface area contributed by atoms with E-state index in [1.54, 1.807) is 41.5 Å². The molecule has 2 nitrogen and oxygen atoms in total. The van der Waals surface area contributed by atoms with Gasteiger partial charge in [0.1, 0.15) is 0 Å². The van der Waals surface area contributed by atoms with E-state index >= 15 is 0 Å². The molecule has 0 fully saturated rings. The molecule has 3 heteroatoms. The smallest absolute Gasteiger partial charge is 0.850 e. The molecule has 11 heavy (non-hydrogen) atoms. The molecule has 0 heterocycles. The van der Waals surface area contributed by atoms with Crippen LogP contribution in [-0.2, 0) is 21.1 Å². The van der Waals surface area contributed by atoms with Crippen molar-refractivity contribution in [1.29, 1.82) is 0 Å². The van der Waals surface area contributed by atoms with Crippen molar-refractivity contribution >= 4 is 0 Å². The summed E-state index contributed by atoms with van der Waals surface area (Å²) in [6, 6.07) is 0. The Bertz CT molecular complexity index is 55.1. The Morgan fingerprint density at radius 3 is 0.636 bits per heavy atom. The van der Waals surface area contributed by atoms with E-state index in [1.165, 1.54) is 0 Å². The molecule has 0 aromatic carbocycles. The van der Waals surface area contributed by atoms with E-state index in [0.717, 1.165) is 0 Å². The Balaban J connectivity index is -0.000000107. The van der Waals surface area contributed by atoms with Gasteiger partial charge in [-0.15, -0.1) is 11.2 Å². The third kappa shape index (κ3) is 2120. The topological polar surface area (TPSA) is 46.1 Å². The predicted octanol–water partition coefficient (Wildman–Crippen LogP) is 0.288. The van der Waals surface area contributed by atoms with Crippen LogP contribution in [0.5, 0.6) is 0 Å².